The van der Waals surface area contributed by atoms with Crippen molar-refractivity contribution in [3.63, 3.8) is 0 Å². The molecule has 0 amide bonds. The van der Waals surface area contributed by atoms with Gasteiger partial charge in [-0.25, -0.2) is 0 Å². The molecule has 0 aromatic heterocycles. The molecule has 0 radical (unpaired) electrons. The Hall–Kier alpha value is -0.660. The van der Waals surface area contributed by atoms with Gasteiger partial charge in [0.2, 0.25) is 0 Å². The average molecular weight is 82.1 g/mol. The van der Waals surface area contributed by atoms with Crippen molar-refractivity contribution in [3.05, 3.63) is 0 Å². The van der Waals surface area contributed by atoms with E-state index in [1.165, 1.54) is 0 Å². The monoisotopic (exact) mass is 82.1 g/mol. The van der Waals surface area contributed by atoms with E-state index in [1.54, 1.807) is 12.4 Å². The van der Waals surface area contributed by atoms with Crippen LogP contribution in [0.2, 0.25) is 0 Å². The molecule has 0 saturated carbocycles. The van der Waals surface area contributed by atoms with Crippen LogP contribution in [0, 0.1) is 5.92 Å². The quantitative estimate of drug-likeness (QED) is 0.411. The number of hydrogen-bond acceptors (Lipinski definition) is 2. The first-order valence-electron chi connectivity index (χ1n) is 1.96. The molecule has 2 heteroatoms. The third-order valence-corrected chi connectivity index (χ3v) is 0.670. The molecule has 1 heterocycles. The molecule has 0 aromatic rings. The summed E-state index contributed by atoms with van der Waals surface area (Å²) in [5.41, 5.74) is 0. The maximum Gasteiger partial charge on any atom is 0.0352 e. The van der Waals surface area contributed by atoms with Gasteiger partial charge in [-0.05, 0) is 0 Å². The molecule has 0 aliphatic carbocycles. The fraction of sp³-hybridized carbons (Fsp3) is 0.500. The second-order valence-electron chi connectivity index (χ2n) is 1.39. The van der Waals surface area contributed by atoms with E-state index in [-0.39, 0.29) is 0 Å². The topological polar surface area (TPSA) is 24.7 Å². The van der Waals surface area contributed by atoms with Gasteiger partial charge in [-0.1, -0.05) is 6.92 Å². The SMILES string of the molecule is CC1C=NN=C1. The van der Waals surface area contributed by atoms with Crippen LogP contribution in [0.25, 0.3) is 0 Å². The van der Waals surface area contributed by atoms with Crippen molar-refractivity contribution in [1.82, 2.24) is 0 Å². The molecule has 0 bridgehead atoms. The molecule has 0 saturated heterocycles. The van der Waals surface area contributed by atoms with Crippen LogP contribution >= 0.6 is 0 Å². The van der Waals surface area contributed by atoms with Gasteiger partial charge in [0.05, 0.1) is 0 Å². The van der Waals surface area contributed by atoms with Crippen molar-refractivity contribution in [2.24, 2.45) is 16.1 Å². The zero-order chi connectivity index (χ0) is 4.41. The molecule has 1 rings (SSSR count). The van der Waals surface area contributed by atoms with Gasteiger partial charge in [-0.2, -0.15) is 10.2 Å². The van der Waals surface area contributed by atoms with Crippen LogP contribution in [-0.4, -0.2) is 12.4 Å². The molecule has 0 unspecified atom stereocenters. The van der Waals surface area contributed by atoms with E-state index in [1.807, 2.05) is 6.92 Å². The number of hydrogen-bond donors (Lipinski definition) is 0. The van der Waals surface area contributed by atoms with E-state index in [9.17, 15) is 0 Å². The fourth-order valence-corrected chi connectivity index (χ4v) is 0.326. The second kappa shape index (κ2) is 1.20. The van der Waals surface area contributed by atoms with Crippen LogP contribution < -0.4 is 0 Å². The Labute approximate surface area is 36.6 Å². The minimum Gasteiger partial charge on any atom is -0.163 e. The van der Waals surface area contributed by atoms with Crippen LogP contribution in [0.1, 0.15) is 6.92 Å². The van der Waals surface area contributed by atoms with Gasteiger partial charge in [-0.3, -0.25) is 0 Å². The van der Waals surface area contributed by atoms with Crippen molar-refractivity contribution in [1.29, 1.82) is 0 Å². The van der Waals surface area contributed by atoms with Gasteiger partial charge in [0.1, 0.15) is 0 Å². The highest BCUT2D eigenvalue weighted by atomic mass is 15.2. The lowest BCUT2D eigenvalue weighted by molar-refractivity contribution is 1.15. The molecule has 0 spiro atoms. The molecule has 32 valence electrons. The number of nitrogens with zero attached hydrogens (tertiary/aromatic N) is 2. The molecule has 2 nitrogen and oxygen atoms in total. The molecule has 1 aliphatic rings. The van der Waals surface area contributed by atoms with Crippen LogP contribution in [0.15, 0.2) is 10.2 Å². The predicted octanol–water partition coefficient (Wildman–Crippen LogP) is 0.693. The van der Waals surface area contributed by atoms with Crippen molar-refractivity contribution in [2.75, 3.05) is 0 Å². The molecule has 0 fully saturated rings. The van der Waals surface area contributed by atoms with Crippen molar-refractivity contribution >= 4 is 12.4 Å². The van der Waals surface area contributed by atoms with E-state index in [0.29, 0.717) is 5.92 Å². The van der Waals surface area contributed by atoms with Crippen molar-refractivity contribution < 1.29 is 0 Å². The highest BCUT2D eigenvalue weighted by molar-refractivity contribution is 5.86. The Kier molecular flexibility index (Phi) is 0.708. The summed E-state index contributed by atoms with van der Waals surface area (Å²) in [4.78, 5) is 0. The molecule has 0 N–H and O–H groups in total. The molecule has 6 heavy (non-hydrogen) atoms. The third kappa shape index (κ3) is 0.455. The van der Waals surface area contributed by atoms with Crippen LogP contribution in [0.4, 0.5) is 0 Å². The molecule has 1 aliphatic heterocycles. The standard InChI is InChI=1S/C4H6N2/c1-4-2-5-6-3-4/h2-4H,1H3. The van der Waals surface area contributed by atoms with Crippen molar-refractivity contribution in [2.45, 2.75) is 6.92 Å². The van der Waals surface area contributed by atoms with Crippen LogP contribution in [0.5, 0.6) is 0 Å². The lowest BCUT2D eigenvalue weighted by Gasteiger charge is -1.78. The first-order valence-corrected chi connectivity index (χ1v) is 1.96. The molecule has 0 atom stereocenters. The Bertz CT molecular complexity index is 81.7. The van der Waals surface area contributed by atoms with Gasteiger partial charge in [0, 0.05) is 18.3 Å². The maximum absolute atomic E-state index is 3.61. The third-order valence-electron chi connectivity index (χ3n) is 0.670. The molecular formula is C4H6N2. The second-order valence-corrected chi connectivity index (χ2v) is 1.39. The predicted molar refractivity (Wildman–Crippen MR) is 26.1 cm³/mol. The smallest absolute Gasteiger partial charge is 0.0352 e. The molecule has 0 aromatic carbocycles. The van der Waals surface area contributed by atoms with Gasteiger partial charge < -0.3 is 0 Å². The Morgan fingerprint density at radius 2 is 1.83 bits per heavy atom. The normalized spacial score (nSPS) is 20.2. The van der Waals surface area contributed by atoms with E-state index in [4.69, 9.17) is 0 Å². The lowest BCUT2D eigenvalue weighted by atomic mass is 10.2. The first-order chi connectivity index (χ1) is 2.89. The number of rotatable bonds is 0. The highest BCUT2D eigenvalue weighted by Crippen LogP contribution is 1.91. The van der Waals surface area contributed by atoms with E-state index < -0.39 is 0 Å². The summed E-state index contributed by atoms with van der Waals surface area (Å²) in [7, 11) is 0. The highest BCUT2D eigenvalue weighted by Gasteiger charge is 1.93. The Morgan fingerprint density at radius 1 is 1.33 bits per heavy atom. The van der Waals surface area contributed by atoms with E-state index in [2.05, 4.69) is 10.2 Å². The summed E-state index contributed by atoms with van der Waals surface area (Å²) in [5.74, 6) is 0.463. The van der Waals surface area contributed by atoms with Gasteiger partial charge >= 0.3 is 0 Å². The van der Waals surface area contributed by atoms with Gasteiger partial charge in [-0.15, -0.1) is 0 Å². The zero-order valence-electron chi connectivity index (χ0n) is 3.63. The van der Waals surface area contributed by atoms with Crippen LogP contribution in [-0.2, 0) is 0 Å². The maximum atomic E-state index is 3.61. The first kappa shape index (κ1) is 3.53. The van der Waals surface area contributed by atoms with Gasteiger partial charge in [0.25, 0.3) is 0 Å². The average Bonchev–Trinajstić information content (AvgIpc) is 1.86. The Morgan fingerprint density at radius 3 is 2.00 bits per heavy atom. The minimum absolute atomic E-state index is 0.463. The summed E-state index contributed by atoms with van der Waals surface area (Å²) >= 11 is 0. The summed E-state index contributed by atoms with van der Waals surface area (Å²) in [5, 5.41) is 7.22. The molecular weight excluding hydrogens is 76.1 g/mol. The largest absolute Gasteiger partial charge is 0.163 e. The minimum atomic E-state index is 0.463. The lowest BCUT2D eigenvalue weighted by Crippen LogP contribution is -1.88. The van der Waals surface area contributed by atoms with Gasteiger partial charge in [0.15, 0.2) is 0 Å². The fourth-order valence-electron chi connectivity index (χ4n) is 0.326. The summed E-state index contributed by atoms with van der Waals surface area (Å²) in [6.07, 6.45) is 3.61. The van der Waals surface area contributed by atoms with E-state index >= 15 is 0 Å². The summed E-state index contributed by atoms with van der Waals surface area (Å²) in [6.45, 7) is 2.04. The zero-order valence-corrected chi connectivity index (χ0v) is 3.63. The summed E-state index contributed by atoms with van der Waals surface area (Å²) in [6, 6.07) is 0. The summed E-state index contributed by atoms with van der Waals surface area (Å²) < 4.78 is 0. The van der Waals surface area contributed by atoms with E-state index in [0.717, 1.165) is 0 Å². The van der Waals surface area contributed by atoms with Crippen LogP contribution in [0.3, 0.4) is 0 Å². The Balaban J connectivity index is 2.60. The van der Waals surface area contributed by atoms with Crippen molar-refractivity contribution in [3.8, 4) is 0 Å².